The van der Waals surface area contributed by atoms with Gasteiger partial charge in [0.1, 0.15) is 6.54 Å². The van der Waals surface area contributed by atoms with Crippen molar-refractivity contribution in [2.45, 2.75) is 0 Å². The molecule has 1 heterocycles. The average Bonchev–Trinajstić information content (AvgIpc) is 3.05. The number of imide groups is 1. The summed E-state index contributed by atoms with van der Waals surface area (Å²) in [4.78, 5) is 46.5. The smallest absolute Gasteiger partial charge is 0.325 e. The Kier molecular flexibility index (Phi) is 6.47. The molecule has 8 nitrogen and oxygen atoms in total. The summed E-state index contributed by atoms with van der Waals surface area (Å²) in [6, 6.07) is 11.1. The second kappa shape index (κ2) is 8.78. The minimum absolute atomic E-state index is 0.0193. The monoisotopic (exact) mass is 408 g/mol. The first kappa shape index (κ1) is 18.4. The van der Waals surface area contributed by atoms with Gasteiger partial charge in [0.2, 0.25) is 0 Å². The highest BCUT2D eigenvalue weighted by Gasteiger charge is 2.15. The lowest BCUT2D eigenvalue weighted by molar-refractivity contribution is -0.147. The highest BCUT2D eigenvalue weighted by Crippen LogP contribution is 2.13. The van der Waals surface area contributed by atoms with Gasteiger partial charge in [-0.25, -0.2) is 0 Å². The zero-order valence-corrected chi connectivity index (χ0v) is 14.4. The van der Waals surface area contributed by atoms with E-state index in [9.17, 15) is 19.2 Å². The van der Waals surface area contributed by atoms with Gasteiger partial charge in [-0.05, 0) is 40.2 Å². The first-order valence-corrected chi connectivity index (χ1v) is 7.83. The number of nitrogens with one attached hydrogen (secondary N) is 2. The van der Waals surface area contributed by atoms with Crippen molar-refractivity contribution in [1.82, 2.24) is 10.6 Å². The molecular weight excluding hydrogens is 396 g/mol. The Morgan fingerprint density at radius 1 is 1.00 bits per heavy atom. The number of carbonyl (C=O) groups excluding carboxylic acids is 4. The molecule has 130 valence electrons. The fraction of sp³-hybridized carbons (Fsp3) is 0.125. The summed E-state index contributed by atoms with van der Waals surface area (Å²) >= 11 is 3.05. The third-order valence-corrected chi connectivity index (χ3v) is 3.27. The van der Waals surface area contributed by atoms with Crippen LogP contribution < -0.4 is 10.6 Å². The molecule has 0 bridgehead atoms. The van der Waals surface area contributed by atoms with Crippen LogP contribution in [0.1, 0.15) is 20.9 Å². The highest BCUT2D eigenvalue weighted by atomic mass is 79.9. The SMILES string of the molecule is O=C(COC(=O)CNC(=O)c1ccc(Br)o1)NC(=O)c1ccccc1. The van der Waals surface area contributed by atoms with E-state index < -0.39 is 36.8 Å². The molecule has 2 N–H and O–H groups in total. The second-order valence-electron chi connectivity index (χ2n) is 4.69. The van der Waals surface area contributed by atoms with Crippen LogP contribution in [-0.2, 0) is 14.3 Å². The summed E-state index contributed by atoms with van der Waals surface area (Å²) in [6.07, 6.45) is 0. The summed E-state index contributed by atoms with van der Waals surface area (Å²) in [6.45, 7) is -1.09. The fourth-order valence-electron chi connectivity index (χ4n) is 1.70. The molecule has 25 heavy (non-hydrogen) atoms. The first-order valence-electron chi connectivity index (χ1n) is 7.04. The molecule has 0 aliphatic rings. The number of benzene rings is 1. The standard InChI is InChI=1S/C16H13BrN2O6/c17-12-7-6-11(25-12)16(23)18-8-14(21)24-9-13(20)19-15(22)10-4-2-1-3-5-10/h1-7H,8-9H2,(H,18,23)(H,19,20,22). The fourth-order valence-corrected chi connectivity index (χ4v) is 2.00. The van der Waals surface area contributed by atoms with Gasteiger partial charge in [0, 0.05) is 5.56 Å². The highest BCUT2D eigenvalue weighted by molar-refractivity contribution is 9.10. The summed E-state index contributed by atoms with van der Waals surface area (Å²) in [5.41, 5.74) is 0.305. The summed E-state index contributed by atoms with van der Waals surface area (Å²) in [5.74, 6) is -2.79. The molecule has 0 aliphatic carbocycles. The average molecular weight is 409 g/mol. The van der Waals surface area contributed by atoms with Gasteiger partial charge in [-0.3, -0.25) is 24.5 Å². The van der Waals surface area contributed by atoms with Crippen LogP contribution in [0.25, 0.3) is 0 Å². The molecule has 0 saturated heterocycles. The van der Waals surface area contributed by atoms with E-state index in [0.717, 1.165) is 0 Å². The number of halogens is 1. The van der Waals surface area contributed by atoms with Crippen molar-refractivity contribution < 1.29 is 28.3 Å². The summed E-state index contributed by atoms with van der Waals surface area (Å²) < 4.78 is 10.1. The molecule has 0 spiro atoms. The summed E-state index contributed by atoms with van der Waals surface area (Å²) in [7, 11) is 0. The Morgan fingerprint density at radius 2 is 1.72 bits per heavy atom. The molecule has 0 unspecified atom stereocenters. The van der Waals surface area contributed by atoms with Crippen molar-refractivity contribution in [2.24, 2.45) is 0 Å². The molecule has 0 saturated carbocycles. The lowest BCUT2D eigenvalue weighted by atomic mass is 10.2. The lowest BCUT2D eigenvalue weighted by Crippen LogP contribution is -2.36. The first-order chi connectivity index (χ1) is 12.0. The van der Waals surface area contributed by atoms with E-state index in [4.69, 9.17) is 4.42 Å². The topological polar surface area (TPSA) is 115 Å². The van der Waals surface area contributed by atoms with Gasteiger partial charge in [0.05, 0.1) is 0 Å². The molecule has 1 aromatic carbocycles. The minimum atomic E-state index is -0.832. The van der Waals surface area contributed by atoms with Gasteiger partial charge < -0.3 is 14.5 Å². The largest absolute Gasteiger partial charge is 0.454 e. The van der Waals surface area contributed by atoms with Crippen LogP contribution in [0, 0.1) is 0 Å². The molecule has 0 atom stereocenters. The van der Waals surface area contributed by atoms with Crippen LogP contribution in [-0.4, -0.2) is 36.8 Å². The van der Waals surface area contributed by atoms with Gasteiger partial charge in [0.15, 0.2) is 17.0 Å². The zero-order chi connectivity index (χ0) is 18.2. The van der Waals surface area contributed by atoms with Crippen LogP contribution in [0.3, 0.4) is 0 Å². The Labute approximate surface area is 150 Å². The van der Waals surface area contributed by atoms with E-state index in [0.29, 0.717) is 10.2 Å². The van der Waals surface area contributed by atoms with Gasteiger partial charge in [-0.1, -0.05) is 18.2 Å². The van der Waals surface area contributed by atoms with Crippen molar-refractivity contribution in [3.63, 3.8) is 0 Å². The molecule has 1 aromatic heterocycles. The van der Waals surface area contributed by atoms with E-state index in [1.54, 1.807) is 18.2 Å². The van der Waals surface area contributed by atoms with E-state index in [1.807, 2.05) is 0 Å². The van der Waals surface area contributed by atoms with Crippen molar-refractivity contribution in [3.8, 4) is 0 Å². The van der Waals surface area contributed by atoms with E-state index in [2.05, 4.69) is 31.3 Å². The maximum Gasteiger partial charge on any atom is 0.325 e. The molecule has 0 radical (unpaired) electrons. The van der Waals surface area contributed by atoms with Crippen LogP contribution in [0.4, 0.5) is 0 Å². The number of rotatable bonds is 6. The van der Waals surface area contributed by atoms with Crippen LogP contribution in [0.5, 0.6) is 0 Å². The molecule has 9 heteroatoms. The molecule has 2 aromatic rings. The van der Waals surface area contributed by atoms with Gasteiger partial charge in [0.25, 0.3) is 17.7 Å². The van der Waals surface area contributed by atoms with Crippen molar-refractivity contribution in [2.75, 3.05) is 13.2 Å². The van der Waals surface area contributed by atoms with Crippen LogP contribution in [0.15, 0.2) is 51.6 Å². The number of esters is 1. The predicted octanol–water partition coefficient (Wildman–Crippen LogP) is 1.27. The lowest BCUT2D eigenvalue weighted by Gasteiger charge is -2.06. The van der Waals surface area contributed by atoms with Gasteiger partial charge in [-0.2, -0.15) is 0 Å². The number of hydrogen-bond donors (Lipinski definition) is 2. The third kappa shape index (κ3) is 5.88. The predicted molar refractivity (Wildman–Crippen MR) is 88.6 cm³/mol. The minimum Gasteiger partial charge on any atom is -0.454 e. The Balaban J connectivity index is 1.70. The normalized spacial score (nSPS) is 9.96. The third-order valence-electron chi connectivity index (χ3n) is 2.84. The van der Waals surface area contributed by atoms with E-state index in [-0.39, 0.29) is 5.76 Å². The Morgan fingerprint density at radius 3 is 2.36 bits per heavy atom. The van der Waals surface area contributed by atoms with Crippen LogP contribution >= 0.6 is 15.9 Å². The molecule has 0 aliphatic heterocycles. The van der Waals surface area contributed by atoms with Crippen molar-refractivity contribution in [3.05, 3.63) is 58.5 Å². The zero-order valence-electron chi connectivity index (χ0n) is 12.8. The van der Waals surface area contributed by atoms with Gasteiger partial charge >= 0.3 is 5.97 Å². The Bertz CT molecular complexity index is 787. The molecular formula is C16H13BrN2O6. The van der Waals surface area contributed by atoms with E-state index >= 15 is 0 Å². The number of carbonyl (C=O) groups is 4. The van der Waals surface area contributed by atoms with Crippen molar-refractivity contribution in [1.29, 1.82) is 0 Å². The van der Waals surface area contributed by atoms with E-state index in [1.165, 1.54) is 24.3 Å². The molecule has 0 fully saturated rings. The molecule has 2 rings (SSSR count). The molecule has 3 amide bonds. The maximum atomic E-state index is 11.7. The number of hydrogen-bond acceptors (Lipinski definition) is 6. The number of furan rings is 1. The summed E-state index contributed by atoms with van der Waals surface area (Å²) in [5, 5.41) is 4.36. The quantitative estimate of drug-likeness (QED) is 0.695. The maximum absolute atomic E-state index is 11.7. The number of ether oxygens (including phenoxy) is 1. The second-order valence-corrected chi connectivity index (χ2v) is 5.47. The Hall–Kier alpha value is -2.94. The van der Waals surface area contributed by atoms with Gasteiger partial charge in [-0.15, -0.1) is 0 Å². The van der Waals surface area contributed by atoms with Crippen molar-refractivity contribution >= 4 is 39.6 Å². The number of amides is 3. The van der Waals surface area contributed by atoms with Crippen LogP contribution in [0.2, 0.25) is 0 Å².